The zero-order valence-corrected chi connectivity index (χ0v) is 14.1. The molecule has 3 heteroatoms. The van der Waals surface area contributed by atoms with E-state index in [4.69, 9.17) is 4.74 Å². The van der Waals surface area contributed by atoms with Crippen LogP contribution in [-0.4, -0.2) is 18.6 Å². The van der Waals surface area contributed by atoms with E-state index >= 15 is 0 Å². The van der Waals surface area contributed by atoms with E-state index in [1.165, 1.54) is 16.7 Å². The number of hydrogen-bond acceptors (Lipinski definition) is 2. The molecule has 0 fully saturated rings. The Labute approximate surface area is 138 Å². The first-order valence-electron chi connectivity index (χ1n) is 8.11. The number of amides is 1. The van der Waals surface area contributed by atoms with Crippen LogP contribution in [0.2, 0.25) is 0 Å². The molecular weight excluding hydrogens is 286 g/mol. The van der Waals surface area contributed by atoms with E-state index in [9.17, 15) is 4.79 Å². The van der Waals surface area contributed by atoms with Crippen molar-refractivity contribution in [2.24, 2.45) is 0 Å². The summed E-state index contributed by atoms with van der Waals surface area (Å²) in [5, 5.41) is 2.93. The monoisotopic (exact) mass is 311 g/mol. The van der Waals surface area contributed by atoms with E-state index in [1.807, 2.05) is 31.2 Å². The lowest BCUT2D eigenvalue weighted by Crippen LogP contribution is -2.36. The molecule has 0 spiro atoms. The molecule has 0 heterocycles. The van der Waals surface area contributed by atoms with Gasteiger partial charge in [0.15, 0.2) is 6.10 Å². The van der Waals surface area contributed by atoms with Crippen molar-refractivity contribution in [3.63, 3.8) is 0 Å². The maximum Gasteiger partial charge on any atom is 0.260 e. The average Bonchev–Trinajstić information content (AvgIpc) is 2.53. The van der Waals surface area contributed by atoms with Crippen LogP contribution in [0.4, 0.5) is 0 Å². The van der Waals surface area contributed by atoms with Crippen LogP contribution in [0.25, 0.3) is 0 Å². The summed E-state index contributed by atoms with van der Waals surface area (Å²) in [6, 6.07) is 16.2. The highest BCUT2D eigenvalue weighted by atomic mass is 16.5. The minimum Gasteiger partial charge on any atom is -0.481 e. The quantitative estimate of drug-likeness (QED) is 0.789. The first-order valence-corrected chi connectivity index (χ1v) is 8.11. The third-order valence-electron chi connectivity index (χ3n) is 3.73. The van der Waals surface area contributed by atoms with Crippen molar-refractivity contribution in [2.45, 2.75) is 39.7 Å². The Hall–Kier alpha value is -2.29. The second-order valence-corrected chi connectivity index (χ2v) is 5.96. The normalized spacial score (nSPS) is 11.8. The van der Waals surface area contributed by atoms with Gasteiger partial charge in [-0.25, -0.2) is 0 Å². The van der Waals surface area contributed by atoms with Gasteiger partial charge in [-0.1, -0.05) is 47.5 Å². The SMILES string of the molecule is Cc1ccc(O[C@@H](C)C(=O)NCCCc2cccc(C)c2)cc1. The highest BCUT2D eigenvalue weighted by Gasteiger charge is 2.13. The lowest BCUT2D eigenvalue weighted by molar-refractivity contribution is -0.127. The molecule has 0 aliphatic heterocycles. The van der Waals surface area contributed by atoms with Gasteiger partial charge in [0, 0.05) is 6.54 Å². The van der Waals surface area contributed by atoms with Crippen LogP contribution in [-0.2, 0) is 11.2 Å². The second kappa shape index (κ2) is 8.37. The van der Waals surface area contributed by atoms with Gasteiger partial charge in [-0.15, -0.1) is 0 Å². The Morgan fingerprint density at radius 3 is 2.52 bits per heavy atom. The lowest BCUT2D eigenvalue weighted by atomic mass is 10.1. The molecule has 0 bridgehead atoms. The fraction of sp³-hybridized carbons (Fsp3) is 0.350. The number of benzene rings is 2. The van der Waals surface area contributed by atoms with E-state index in [1.54, 1.807) is 6.92 Å². The molecule has 0 saturated heterocycles. The summed E-state index contributed by atoms with van der Waals surface area (Å²) in [4.78, 5) is 12.0. The first kappa shape index (κ1) is 17.1. The smallest absolute Gasteiger partial charge is 0.260 e. The molecule has 2 aromatic rings. The molecule has 3 nitrogen and oxygen atoms in total. The van der Waals surface area contributed by atoms with Gasteiger partial charge in [-0.05, 0) is 51.3 Å². The van der Waals surface area contributed by atoms with Crippen molar-refractivity contribution in [3.8, 4) is 5.75 Å². The highest BCUT2D eigenvalue weighted by Crippen LogP contribution is 2.13. The minimum absolute atomic E-state index is 0.0742. The van der Waals surface area contributed by atoms with Crippen LogP contribution in [0.5, 0.6) is 5.75 Å². The molecule has 0 saturated carbocycles. The Balaban J connectivity index is 1.70. The van der Waals surface area contributed by atoms with Gasteiger partial charge in [-0.2, -0.15) is 0 Å². The van der Waals surface area contributed by atoms with Gasteiger partial charge >= 0.3 is 0 Å². The van der Waals surface area contributed by atoms with Crippen molar-refractivity contribution in [2.75, 3.05) is 6.54 Å². The number of nitrogens with one attached hydrogen (secondary N) is 1. The lowest BCUT2D eigenvalue weighted by Gasteiger charge is -2.15. The fourth-order valence-electron chi connectivity index (χ4n) is 2.39. The number of carbonyl (C=O) groups excluding carboxylic acids is 1. The van der Waals surface area contributed by atoms with Gasteiger partial charge < -0.3 is 10.1 Å². The zero-order chi connectivity index (χ0) is 16.7. The molecular formula is C20H25NO2. The summed E-state index contributed by atoms with van der Waals surface area (Å²) in [6.45, 7) is 6.55. The highest BCUT2D eigenvalue weighted by molar-refractivity contribution is 5.80. The standard InChI is InChI=1S/C20H25NO2/c1-15-9-11-19(12-10-15)23-17(3)20(22)21-13-5-8-18-7-4-6-16(2)14-18/h4,6-7,9-12,14,17H,5,8,13H2,1-3H3,(H,21,22)/t17-/m0/s1. The van der Waals surface area contributed by atoms with Crippen LogP contribution >= 0.6 is 0 Å². The number of ether oxygens (including phenoxy) is 1. The van der Waals surface area contributed by atoms with Crippen molar-refractivity contribution in [3.05, 3.63) is 65.2 Å². The van der Waals surface area contributed by atoms with Crippen LogP contribution in [0, 0.1) is 13.8 Å². The fourth-order valence-corrected chi connectivity index (χ4v) is 2.39. The molecule has 1 atom stereocenters. The maximum absolute atomic E-state index is 12.0. The second-order valence-electron chi connectivity index (χ2n) is 5.96. The average molecular weight is 311 g/mol. The maximum atomic E-state index is 12.0. The predicted molar refractivity (Wildman–Crippen MR) is 93.8 cm³/mol. The Bertz CT molecular complexity index is 634. The van der Waals surface area contributed by atoms with Crippen molar-refractivity contribution < 1.29 is 9.53 Å². The molecule has 23 heavy (non-hydrogen) atoms. The van der Waals surface area contributed by atoms with Crippen LogP contribution in [0.1, 0.15) is 30.0 Å². The minimum atomic E-state index is -0.489. The third kappa shape index (κ3) is 5.78. The van der Waals surface area contributed by atoms with Gasteiger partial charge in [-0.3, -0.25) is 4.79 Å². The van der Waals surface area contributed by atoms with Crippen molar-refractivity contribution >= 4 is 5.91 Å². The molecule has 2 aromatic carbocycles. The molecule has 0 radical (unpaired) electrons. The van der Waals surface area contributed by atoms with E-state index in [-0.39, 0.29) is 5.91 Å². The molecule has 0 aliphatic rings. The molecule has 1 amide bonds. The number of rotatable bonds is 7. The summed E-state index contributed by atoms with van der Waals surface area (Å²) in [6.07, 6.45) is 1.40. The van der Waals surface area contributed by atoms with Crippen LogP contribution < -0.4 is 10.1 Å². The number of aryl methyl sites for hydroxylation is 3. The largest absolute Gasteiger partial charge is 0.481 e. The first-order chi connectivity index (χ1) is 11.0. The summed E-state index contributed by atoms with van der Waals surface area (Å²) in [5.41, 5.74) is 3.75. The Morgan fingerprint density at radius 2 is 1.83 bits per heavy atom. The Morgan fingerprint density at radius 1 is 1.09 bits per heavy atom. The summed E-state index contributed by atoms with van der Waals surface area (Å²) < 4.78 is 5.65. The number of carbonyl (C=O) groups is 1. The summed E-state index contributed by atoms with van der Waals surface area (Å²) >= 11 is 0. The predicted octanol–water partition coefficient (Wildman–Crippen LogP) is 3.82. The number of hydrogen-bond donors (Lipinski definition) is 1. The van der Waals surface area contributed by atoms with Crippen LogP contribution in [0.15, 0.2) is 48.5 Å². The van der Waals surface area contributed by atoms with Gasteiger partial charge in [0.05, 0.1) is 0 Å². The van der Waals surface area contributed by atoms with Gasteiger partial charge in [0.25, 0.3) is 5.91 Å². The van der Waals surface area contributed by atoms with E-state index in [0.29, 0.717) is 6.54 Å². The Kier molecular flexibility index (Phi) is 6.21. The summed E-state index contributed by atoms with van der Waals surface area (Å²) in [5.74, 6) is 0.646. The molecule has 2 rings (SSSR count). The third-order valence-corrected chi connectivity index (χ3v) is 3.73. The molecule has 122 valence electrons. The summed E-state index contributed by atoms with van der Waals surface area (Å²) in [7, 11) is 0. The molecule has 0 aliphatic carbocycles. The van der Waals surface area contributed by atoms with E-state index < -0.39 is 6.10 Å². The molecule has 1 N–H and O–H groups in total. The zero-order valence-electron chi connectivity index (χ0n) is 14.1. The van der Waals surface area contributed by atoms with Gasteiger partial charge in [0.2, 0.25) is 0 Å². The van der Waals surface area contributed by atoms with Crippen molar-refractivity contribution in [1.29, 1.82) is 0 Å². The van der Waals surface area contributed by atoms with E-state index in [2.05, 4.69) is 36.5 Å². The molecule has 0 unspecified atom stereocenters. The van der Waals surface area contributed by atoms with Gasteiger partial charge in [0.1, 0.15) is 5.75 Å². The van der Waals surface area contributed by atoms with E-state index in [0.717, 1.165) is 18.6 Å². The topological polar surface area (TPSA) is 38.3 Å². The van der Waals surface area contributed by atoms with Crippen molar-refractivity contribution in [1.82, 2.24) is 5.32 Å². The van der Waals surface area contributed by atoms with Crippen LogP contribution in [0.3, 0.4) is 0 Å². The molecule has 0 aromatic heterocycles.